The second-order valence-electron chi connectivity index (χ2n) is 4.99. The van der Waals surface area contributed by atoms with E-state index in [4.69, 9.17) is 28.9 Å². The van der Waals surface area contributed by atoms with E-state index in [1.165, 1.54) is 6.92 Å². The van der Waals surface area contributed by atoms with Crippen LogP contribution in [0, 0.1) is 27.2 Å². The van der Waals surface area contributed by atoms with E-state index in [-0.39, 0.29) is 28.0 Å². The number of aromatic nitrogens is 1. The van der Waals surface area contributed by atoms with Crippen LogP contribution < -0.4 is 5.73 Å². The highest BCUT2D eigenvalue weighted by Gasteiger charge is 2.42. The number of benzene rings is 1. The van der Waals surface area contributed by atoms with Crippen LogP contribution in [0.5, 0.6) is 0 Å². The Morgan fingerprint density at radius 3 is 2.19 bits per heavy atom. The summed E-state index contributed by atoms with van der Waals surface area (Å²) in [6.07, 6.45) is -4.20. The zero-order valence-electron chi connectivity index (χ0n) is 12.6. The lowest BCUT2D eigenvalue weighted by Gasteiger charge is -2.14. The normalized spacial score (nSPS) is 11.5. The fourth-order valence-corrected chi connectivity index (χ4v) is 2.74. The molecule has 0 bridgehead atoms. The van der Waals surface area contributed by atoms with Crippen LogP contribution in [0.4, 0.5) is 30.4 Å². The molecule has 1 aromatic carbocycles. The van der Waals surface area contributed by atoms with Gasteiger partial charge in [-0.2, -0.15) is 13.2 Å². The minimum atomic E-state index is -5.14. The van der Waals surface area contributed by atoms with Crippen molar-refractivity contribution in [2.24, 2.45) is 0 Å². The van der Waals surface area contributed by atoms with Crippen LogP contribution >= 0.6 is 23.2 Å². The smallest absolute Gasteiger partial charge is 0.382 e. The number of pyridine rings is 1. The third kappa shape index (κ3) is 3.22. The lowest BCUT2D eigenvalue weighted by Crippen LogP contribution is -2.10. The minimum absolute atomic E-state index is 0.0567. The molecule has 13 heteroatoms. The van der Waals surface area contributed by atoms with Crippen molar-refractivity contribution < 1.29 is 23.0 Å². The molecule has 138 valence electrons. The lowest BCUT2D eigenvalue weighted by molar-refractivity contribution is -0.393. The van der Waals surface area contributed by atoms with Gasteiger partial charge in [0, 0.05) is 17.8 Å². The number of nitro benzene ring substituents is 2. The first kappa shape index (κ1) is 19.7. The fourth-order valence-electron chi connectivity index (χ4n) is 2.27. The van der Waals surface area contributed by atoms with E-state index in [9.17, 15) is 33.4 Å². The molecule has 0 aliphatic heterocycles. The summed E-state index contributed by atoms with van der Waals surface area (Å²) in [4.78, 5) is 23.9. The maximum absolute atomic E-state index is 13.1. The van der Waals surface area contributed by atoms with Crippen molar-refractivity contribution >= 4 is 40.4 Å². The molecule has 0 aliphatic rings. The quantitative estimate of drug-likeness (QED) is 0.572. The number of alkyl halides is 3. The molecular weight excluding hydrogens is 404 g/mol. The molecule has 2 N–H and O–H groups in total. The highest BCUT2D eigenvalue weighted by molar-refractivity contribution is 6.35. The summed E-state index contributed by atoms with van der Waals surface area (Å²) in [7, 11) is 0. The van der Waals surface area contributed by atoms with Gasteiger partial charge in [0.1, 0.15) is 16.4 Å². The molecule has 0 amide bonds. The van der Waals surface area contributed by atoms with Crippen molar-refractivity contribution in [2.45, 2.75) is 13.1 Å². The highest BCUT2D eigenvalue weighted by Crippen LogP contribution is 2.49. The monoisotopic (exact) mass is 410 g/mol. The molecule has 0 radical (unpaired) electrons. The van der Waals surface area contributed by atoms with Crippen LogP contribution in [-0.4, -0.2) is 14.8 Å². The van der Waals surface area contributed by atoms with Crippen LogP contribution in [0.15, 0.2) is 12.3 Å². The van der Waals surface area contributed by atoms with Gasteiger partial charge in [-0.3, -0.25) is 20.2 Å². The van der Waals surface area contributed by atoms with Gasteiger partial charge in [0.05, 0.1) is 20.4 Å². The molecule has 0 saturated heterocycles. The maximum atomic E-state index is 13.1. The van der Waals surface area contributed by atoms with E-state index in [1.54, 1.807) is 0 Å². The number of hydrogen-bond acceptors (Lipinski definition) is 6. The number of nitro groups is 2. The van der Waals surface area contributed by atoms with Gasteiger partial charge in [-0.1, -0.05) is 23.2 Å². The molecule has 2 aromatic rings. The molecule has 2 rings (SSSR count). The number of nitrogens with two attached hydrogens (primary N) is 1. The molecule has 0 saturated carbocycles. The van der Waals surface area contributed by atoms with Gasteiger partial charge in [0.15, 0.2) is 0 Å². The van der Waals surface area contributed by atoms with Crippen molar-refractivity contribution in [3.63, 3.8) is 0 Å². The molecule has 1 aromatic heterocycles. The van der Waals surface area contributed by atoms with Gasteiger partial charge in [0.2, 0.25) is 0 Å². The Morgan fingerprint density at radius 1 is 1.15 bits per heavy atom. The van der Waals surface area contributed by atoms with E-state index < -0.39 is 43.5 Å². The van der Waals surface area contributed by atoms with Crippen LogP contribution in [0.1, 0.15) is 11.1 Å². The van der Waals surface area contributed by atoms with Gasteiger partial charge in [-0.15, -0.1) is 0 Å². The van der Waals surface area contributed by atoms with Crippen LogP contribution in [0.2, 0.25) is 10.0 Å². The lowest BCUT2D eigenvalue weighted by atomic mass is 9.96. The summed E-state index contributed by atoms with van der Waals surface area (Å²) in [5.41, 5.74) is 0.416. The number of halogens is 5. The summed E-state index contributed by atoms with van der Waals surface area (Å²) in [6, 6.07) is 0.133. The van der Waals surface area contributed by atoms with Crippen molar-refractivity contribution in [1.82, 2.24) is 4.98 Å². The van der Waals surface area contributed by atoms with Gasteiger partial charge in [0.25, 0.3) is 5.69 Å². The summed E-state index contributed by atoms with van der Waals surface area (Å²) < 4.78 is 39.3. The molecule has 8 nitrogen and oxygen atoms in total. The number of anilines is 1. The Morgan fingerprint density at radius 2 is 1.73 bits per heavy atom. The van der Waals surface area contributed by atoms with Crippen molar-refractivity contribution in [2.75, 3.05) is 5.73 Å². The summed E-state index contributed by atoms with van der Waals surface area (Å²) in [5, 5.41) is 21.3. The van der Waals surface area contributed by atoms with Crippen LogP contribution in [0.3, 0.4) is 0 Å². The third-order valence-corrected chi connectivity index (χ3v) is 4.32. The van der Waals surface area contributed by atoms with E-state index >= 15 is 0 Å². The Balaban J connectivity index is 3.07. The number of rotatable bonds is 3. The average Bonchev–Trinajstić information content (AvgIpc) is 2.50. The van der Waals surface area contributed by atoms with Gasteiger partial charge < -0.3 is 5.73 Å². The molecule has 0 unspecified atom stereocenters. The van der Waals surface area contributed by atoms with Crippen molar-refractivity contribution in [3.05, 3.63) is 53.7 Å². The largest absolute Gasteiger partial charge is 0.418 e. The Bertz CT molecular complexity index is 950. The van der Waals surface area contributed by atoms with E-state index in [1.807, 2.05) is 0 Å². The molecule has 0 aliphatic carbocycles. The molecule has 0 fully saturated rings. The second-order valence-corrected chi connectivity index (χ2v) is 5.74. The van der Waals surface area contributed by atoms with E-state index in [0.717, 1.165) is 6.20 Å². The Labute approximate surface area is 152 Å². The first-order valence-electron chi connectivity index (χ1n) is 6.51. The SMILES string of the molecule is Cc1c(-c2c([N+](=O)[O-])cc(C(F)(F)F)c(Cl)c2[N+](=O)[O-])cnc(N)c1Cl. The molecule has 0 atom stereocenters. The summed E-state index contributed by atoms with van der Waals surface area (Å²) in [5.74, 6) is -0.156. The number of hydrogen-bond donors (Lipinski definition) is 1. The first-order chi connectivity index (χ1) is 11.9. The fraction of sp³-hybridized carbons (Fsp3) is 0.154. The van der Waals surface area contributed by atoms with Crippen LogP contribution in [0.25, 0.3) is 11.1 Å². The van der Waals surface area contributed by atoms with Crippen molar-refractivity contribution in [3.8, 4) is 11.1 Å². The zero-order chi connectivity index (χ0) is 20.0. The Hall–Kier alpha value is -2.66. The predicted octanol–water partition coefficient (Wildman–Crippen LogP) is 4.78. The van der Waals surface area contributed by atoms with Crippen LogP contribution in [-0.2, 0) is 6.18 Å². The van der Waals surface area contributed by atoms with Gasteiger partial charge in [-0.25, -0.2) is 4.98 Å². The molecule has 26 heavy (non-hydrogen) atoms. The maximum Gasteiger partial charge on any atom is 0.418 e. The first-order valence-corrected chi connectivity index (χ1v) is 7.26. The van der Waals surface area contributed by atoms with Gasteiger partial charge >= 0.3 is 11.9 Å². The minimum Gasteiger partial charge on any atom is -0.382 e. The van der Waals surface area contributed by atoms with Crippen molar-refractivity contribution in [1.29, 1.82) is 0 Å². The predicted molar refractivity (Wildman–Crippen MR) is 87.2 cm³/mol. The second kappa shape index (κ2) is 6.57. The molecule has 0 spiro atoms. The Kier molecular flexibility index (Phi) is 4.97. The number of nitrogen functional groups attached to an aromatic ring is 1. The highest BCUT2D eigenvalue weighted by atomic mass is 35.5. The zero-order valence-corrected chi connectivity index (χ0v) is 14.1. The molecule has 1 heterocycles. The number of nitrogens with zero attached hydrogens (tertiary/aromatic N) is 3. The van der Waals surface area contributed by atoms with E-state index in [2.05, 4.69) is 4.98 Å². The van der Waals surface area contributed by atoms with E-state index in [0.29, 0.717) is 0 Å². The topological polar surface area (TPSA) is 125 Å². The summed E-state index contributed by atoms with van der Waals surface area (Å²) in [6.45, 7) is 1.33. The molecular formula is C13H7Cl2F3N4O4. The third-order valence-electron chi connectivity index (χ3n) is 3.46. The summed E-state index contributed by atoms with van der Waals surface area (Å²) >= 11 is 11.5. The average molecular weight is 411 g/mol. The standard InChI is InChI=1S/C13H7Cl2F3N4O4/c1-4-5(3-20-12(19)9(4)14)8-7(21(23)24)2-6(13(16,17)18)10(15)11(8)22(25)26/h2-3H,1H3,(H2,19,20). The van der Waals surface area contributed by atoms with Gasteiger partial charge in [-0.05, 0) is 12.5 Å².